The van der Waals surface area contributed by atoms with Crippen molar-refractivity contribution in [2.45, 2.75) is 13.5 Å². The van der Waals surface area contributed by atoms with Gasteiger partial charge in [0.2, 0.25) is 0 Å². The first-order valence-electron chi connectivity index (χ1n) is 5.88. The molecule has 2 rings (SSSR count). The molecule has 5 heteroatoms. The summed E-state index contributed by atoms with van der Waals surface area (Å²) in [4.78, 5) is 14.2. The second kappa shape index (κ2) is 6.39. The Bertz CT molecular complexity index is 547. The lowest BCUT2D eigenvalue weighted by Gasteiger charge is -2.20. The average molecular weight is 387 g/mol. The van der Waals surface area contributed by atoms with E-state index in [1.165, 1.54) is 0 Å². The van der Waals surface area contributed by atoms with Crippen molar-refractivity contribution in [3.05, 3.63) is 56.9 Å². The van der Waals surface area contributed by atoms with E-state index in [1.54, 1.807) is 11.2 Å². The predicted molar refractivity (Wildman–Crippen MR) is 81.0 cm³/mol. The molecule has 0 unspecified atom stereocenters. The van der Waals surface area contributed by atoms with Gasteiger partial charge in [-0.15, -0.1) is 0 Å². The van der Waals surface area contributed by atoms with Crippen LogP contribution in [0.2, 0.25) is 0 Å². The molecule has 1 amide bonds. The summed E-state index contributed by atoms with van der Waals surface area (Å²) in [6.45, 7) is 3.06. The minimum atomic E-state index is -0.0131. The molecular formula is C14H13Br2NO2. The van der Waals surface area contributed by atoms with Crippen molar-refractivity contribution < 1.29 is 9.21 Å². The van der Waals surface area contributed by atoms with Gasteiger partial charge in [0.25, 0.3) is 5.91 Å². The Morgan fingerprint density at radius 3 is 2.47 bits per heavy atom. The van der Waals surface area contributed by atoms with Gasteiger partial charge in [-0.1, -0.05) is 31.9 Å². The van der Waals surface area contributed by atoms with Gasteiger partial charge in [0.1, 0.15) is 5.76 Å². The number of benzene rings is 1. The summed E-state index contributed by atoms with van der Waals surface area (Å²) in [5, 5.41) is 0. The molecule has 0 spiro atoms. The molecule has 0 saturated carbocycles. The summed E-state index contributed by atoms with van der Waals surface area (Å²) in [5.74, 6) is 0.769. The third kappa shape index (κ3) is 3.70. The number of nitrogens with zero attached hydrogens (tertiary/aromatic N) is 1. The first kappa shape index (κ1) is 14.3. The highest BCUT2D eigenvalue weighted by molar-refractivity contribution is 9.11. The second-order valence-corrected chi connectivity index (χ2v) is 5.89. The van der Waals surface area contributed by atoms with Crippen LogP contribution in [0, 0.1) is 0 Å². The number of amides is 1. The fraction of sp³-hybridized carbons (Fsp3) is 0.214. The molecule has 1 heterocycles. The second-order valence-electron chi connectivity index (χ2n) is 4.06. The summed E-state index contributed by atoms with van der Waals surface area (Å²) in [7, 11) is 0. The van der Waals surface area contributed by atoms with Gasteiger partial charge >= 0.3 is 0 Å². The lowest BCUT2D eigenvalue weighted by molar-refractivity contribution is 0.0741. The normalized spacial score (nSPS) is 10.5. The fourth-order valence-corrected chi connectivity index (χ4v) is 3.07. The quantitative estimate of drug-likeness (QED) is 0.776. The minimum Gasteiger partial charge on any atom is -0.467 e. The number of carbonyl (C=O) groups excluding carboxylic acids is 1. The summed E-state index contributed by atoms with van der Waals surface area (Å²) < 4.78 is 7.04. The van der Waals surface area contributed by atoms with Crippen LogP contribution in [0.1, 0.15) is 23.0 Å². The highest BCUT2D eigenvalue weighted by Crippen LogP contribution is 2.21. The molecule has 0 atom stereocenters. The van der Waals surface area contributed by atoms with E-state index in [-0.39, 0.29) is 5.91 Å². The van der Waals surface area contributed by atoms with Crippen molar-refractivity contribution in [1.82, 2.24) is 4.90 Å². The van der Waals surface area contributed by atoms with Gasteiger partial charge in [-0.05, 0) is 37.3 Å². The standard InChI is InChI=1S/C14H13Br2NO2/c1-2-17(9-13-4-3-5-19-13)14(18)10-6-11(15)8-12(16)7-10/h3-8H,2,9H2,1H3. The van der Waals surface area contributed by atoms with Crippen molar-refractivity contribution in [2.24, 2.45) is 0 Å². The first-order chi connectivity index (χ1) is 9.10. The van der Waals surface area contributed by atoms with Gasteiger partial charge in [-0.2, -0.15) is 0 Å². The third-order valence-electron chi connectivity index (χ3n) is 2.71. The van der Waals surface area contributed by atoms with E-state index in [0.717, 1.165) is 14.7 Å². The van der Waals surface area contributed by atoms with Crippen LogP contribution in [0.25, 0.3) is 0 Å². The van der Waals surface area contributed by atoms with Gasteiger partial charge in [-0.25, -0.2) is 0 Å². The predicted octanol–water partition coefficient (Wildman–Crippen LogP) is 4.47. The molecule has 1 aromatic carbocycles. The summed E-state index contributed by atoms with van der Waals surface area (Å²) >= 11 is 6.79. The number of hydrogen-bond acceptors (Lipinski definition) is 2. The molecular weight excluding hydrogens is 374 g/mol. The summed E-state index contributed by atoms with van der Waals surface area (Å²) in [5.41, 5.74) is 0.648. The van der Waals surface area contributed by atoms with E-state index in [1.807, 2.05) is 37.3 Å². The summed E-state index contributed by atoms with van der Waals surface area (Å²) in [6.07, 6.45) is 1.61. The smallest absolute Gasteiger partial charge is 0.254 e. The van der Waals surface area contributed by atoms with Gasteiger partial charge in [0.15, 0.2) is 0 Å². The largest absolute Gasteiger partial charge is 0.467 e. The number of rotatable bonds is 4. The molecule has 0 fully saturated rings. The maximum Gasteiger partial charge on any atom is 0.254 e. The lowest BCUT2D eigenvalue weighted by Crippen LogP contribution is -2.30. The van der Waals surface area contributed by atoms with E-state index in [0.29, 0.717) is 18.7 Å². The summed E-state index contributed by atoms with van der Waals surface area (Å²) in [6, 6.07) is 9.23. The van der Waals surface area contributed by atoms with Gasteiger partial charge in [-0.3, -0.25) is 4.79 Å². The van der Waals surface area contributed by atoms with Crippen molar-refractivity contribution >= 4 is 37.8 Å². The van der Waals surface area contributed by atoms with Crippen LogP contribution < -0.4 is 0 Å². The molecule has 100 valence electrons. The van der Waals surface area contributed by atoms with Crippen LogP contribution in [0.15, 0.2) is 50.0 Å². The molecule has 0 aliphatic carbocycles. The molecule has 1 aromatic heterocycles. The Kier molecular flexibility index (Phi) is 4.82. The molecule has 2 aromatic rings. The van der Waals surface area contributed by atoms with E-state index in [4.69, 9.17) is 4.42 Å². The fourth-order valence-electron chi connectivity index (χ4n) is 1.78. The molecule has 3 nitrogen and oxygen atoms in total. The topological polar surface area (TPSA) is 33.5 Å². The van der Waals surface area contributed by atoms with Crippen molar-refractivity contribution in [3.8, 4) is 0 Å². The average Bonchev–Trinajstić information content (AvgIpc) is 2.86. The monoisotopic (exact) mass is 385 g/mol. The maximum absolute atomic E-state index is 12.4. The third-order valence-corrected chi connectivity index (χ3v) is 3.62. The Balaban J connectivity index is 2.20. The molecule has 0 aliphatic rings. The van der Waals surface area contributed by atoms with Crippen LogP contribution >= 0.6 is 31.9 Å². The van der Waals surface area contributed by atoms with E-state index in [9.17, 15) is 4.79 Å². The Morgan fingerprint density at radius 1 is 1.26 bits per heavy atom. The molecule has 0 N–H and O–H groups in total. The zero-order chi connectivity index (χ0) is 13.8. The van der Waals surface area contributed by atoms with Crippen LogP contribution in [0.5, 0.6) is 0 Å². The number of furan rings is 1. The van der Waals surface area contributed by atoms with Crippen molar-refractivity contribution in [1.29, 1.82) is 0 Å². The molecule has 19 heavy (non-hydrogen) atoms. The molecule has 0 radical (unpaired) electrons. The number of halogens is 2. The van der Waals surface area contributed by atoms with Crippen LogP contribution in [0.4, 0.5) is 0 Å². The zero-order valence-electron chi connectivity index (χ0n) is 10.4. The highest BCUT2D eigenvalue weighted by Gasteiger charge is 2.16. The molecule has 0 aliphatic heterocycles. The molecule has 0 bridgehead atoms. The van der Waals surface area contributed by atoms with Gasteiger partial charge in [0, 0.05) is 21.1 Å². The van der Waals surface area contributed by atoms with Crippen LogP contribution in [-0.2, 0) is 6.54 Å². The van der Waals surface area contributed by atoms with E-state index >= 15 is 0 Å². The Morgan fingerprint density at radius 2 is 1.95 bits per heavy atom. The highest BCUT2D eigenvalue weighted by atomic mass is 79.9. The Hall–Kier alpha value is -1.07. The number of hydrogen-bond donors (Lipinski definition) is 0. The van der Waals surface area contributed by atoms with Gasteiger partial charge in [0.05, 0.1) is 12.8 Å². The van der Waals surface area contributed by atoms with E-state index in [2.05, 4.69) is 31.9 Å². The van der Waals surface area contributed by atoms with E-state index < -0.39 is 0 Å². The lowest BCUT2D eigenvalue weighted by atomic mass is 10.2. The van der Waals surface area contributed by atoms with Crippen molar-refractivity contribution in [3.63, 3.8) is 0 Å². The number of carbonyl (C=O) groups is 1. The molecule has 0 saturated heterocycles. The van der Waals surface area contributed by atoms with Crippen molar-refractivity contribution in [2.75, 3.05) is 6.54 Å². The van der Waals surface area contributed by atoms with Gasteiger partial charge < -0.3 is 9.32 Å². The first-order valence-corrected chi connectivity index (χ1v) is 7.46. The van der Waals surface area contributed by atoms with Crippen LogP contribution in [-0.4, -0.2) is 17.4 Å². The maximum atomic E-state index is 12.4. The van der Waals surface area contributed by atoms with Crippen LogP contribution in [0.3, 0.4) is 0 Å². The minimum absolute atomic E-state index is 0.0131. The Labute approximate surface area is 128 Å². The SMILES string of the molecule is CCN(Cc1ccco1)C(=O)c1cc(Br)cc(Br)c1. The zero-order valence-corrected chi connectivity index (χ0v) is 13.6.